The van der Waals surface area contributed by atoms with Crippen LogP contribution >= 0.6 is 11.8 Å². The lowest BCUT2D eigenvalue weighted by Crippen LogP contribution is -2.18. The molecule has 0 saturated heterocycles. The fourth-order valence-corrected chi connectivity index (χ4v) is 3.10. The van der Waals surface area contributed by atoms with E-state index in [1.807, 2.05) is 30.4 Å². The Hall–Kier alpha value is -1.30. The van der Waals surface area contributed by atoms with Crippen LogP contribution in [0.4, 0.5) is 0 Å². The second-order valence-electron chi connectivity index (χ2n) is 5.01. The molecule has 0 amide bonds. The predicted molar refractivity (Wildman–Crippen MR) is 87.5 cm³/mol. The van der Waals surface area contributed by atoms with Gasteiger partial charge in [-0.3, -0.25) is 4.68 Å². The van der Waals surface area contributed by atoms with Crippen molar-refractivity contribution >= 4 is 11.8 Å². The van der Waals surface area contributed by atoms with Crippen LogP contribution in [0.2, 0.25) is 0 Å². The van der Waals surface area contributed by atoms with Gasteiger partial charge >= 0.3 is 0 Å². The first kappa shape index (κ1) is 16.1. The third kappa shape index (κ3) is 5.19. The van der Waals surface area contributed by atoms with Gasteiger partial charge in [-0.05, 0) is 30.7 Å². The van der Waals surface area contributed by atoms with E-state index in [0.29, 0.717) is 0 Å². The van der Waals surface area contributed by atoms with Gasteiger partial charge in [0, 0.05) is 43.6 Å². The molecule has 4 nitrogen and oxygen atoms in total. The molecule has 0 bridgehead atoms. The summed E-state index contributed by atoms with van der Waals surface area (Å²) in [5, 5.41) is 7.75. The molecule has 0 fully saturated rings. The van der Waals surface area contributed by atoms with Gasteiger partial charge in [0.15, 0.2) is 0 Å². The number of benzene rings is 1. The molecule has 0 saturated carbocycles. The lowest BCUT2D eigenvalue weighted by Gasteiger charge is -2.07. The van der Waals surface area contributed by atoms with Gasteiger partial charge in [-0.1, -0.05) is 12.1 Å². The quantitative estimate of drug-likeness (QED) is 0.601. The molecular formula is C16H23N3OS. The highest BCUT2D eigenvalue weighted by Gasteiger charge is 2.03. The van der Waals surface area contributed by atoms with E-state index >= 15 is 0 Å². The van der Waals surface area contributed by atoms with E-state index in [1.54, 1.807) is 7.11 Å². The lowest BCUT2D eigenvalue weighted by molar-refractivity contribution is 0.199. The molecule has 0 unspecified atom stereocenters. The fraction of sp³-hybridized carbons (Fsp3) is 0.438. The van der Waals surface area contributed by atoms with Gasteiger partial charge in [-0.15, -0.1) is 11.8 Å². The Bertz CT molecular complexity index is 568. The maximum Gasteiger partial charge on any atom is 0.0596 e. The van der Waals surface area contributed by atoms with Crippen LogP contribution in [0.1, 0.15) is 17.0 Å². The van der Waals surface area contributed by atoms with E-state index in [2.05, 4.69) is 40.7 Å². The van der Waals surface area contributed by atoms with Crippen molar-refractivity contribution in [2.45, 2.75) is 24.1 Å². The Morgan fingerprint density at radius 3 is 2.90 bits per heavy atom. The first-order chi connectivity index (χ1) is 10.2. The van der Waals surface area contributed by atoms with Gasteiger partial charge in [0.2, 0.25) is 0 Å². The van der Waals surface area contributed by atoms with E-state index in [9.17, 15) is 0 Å². The van der Waals surface area contributed by atoms with Crippen molar-refractivity contribution in [1.29, 1.82) is 0 Å². The maximum absolute atomic E-state index is 5.03. The average molecular weight is 305 g/mol. The number of thioether (sulfide) groups is 1. The van der Waals surface area contributed by atoms with E-state index in [0.717, 1.165) is 31.1 Å². The molecule has 0 spiro atoms. The first-order valence-corrected chi connectivity index (χ1v) is 8.08. The van der Waals surface area contributed by atoms with Crippen LogP contribution in [0, 0.1) is 6.92 Å². The molecule has 114 valence electrons. The molecule has 2 aromatic rings. The summed E-state index contributed by atoms with van der Waals surface area (Å²) in [5.41, 5.74) is 3.63. The topological polar surface area (TPSA) is 39.1 Å². The minimum Gasteiger partial charge on any atom is -0.383 e. The molecule has 0 aliphatic carbocycles. The summed E-state index contributed by atoms with van der Waals surface area (Å²) in [7, 11) is 3.72. The second-order valence-corrected chi connectivity index (χ2v) is 6.06. The van der Waals surface area contributed by atoms with Gasteiger partial charge in [-0.25, -0.2) is 0 Å². The van der Waals surface area contributed by atoms with Gasteiger partial charge in [-0.2, -0.15) is 5.10 Å². The third-order valence-corrected chi connectivity index (χ3v) is 4.22. The summed E-state index contributed by atoms with van der Waals surface area (Å²) in [4.78, 5) is 1.29. The standard InChI is InChI=1S/C16H23N3OS/c1-13-9-15(19(2)18-13)12-21-16-6-4-5-14(10-16)11-17-7-8-20-3/h4-6,9-10,17H,7-8,11-12H2,1-3H3. The van der Waals surface area contributed by atoms with Gasteiger partial charge < -0.3 is 10.1 Å². The average Bonchev–Trinajstić information content (AvgIpc) is 2.80. The molecule has 1 heterocycles. The summed E-state index contributed by atoms with van der Waals surface area (Å²) < 4.78 is 6.99. The largest absolute Gasteiger partial charge is 0.383 e. The predicted octanol–water partition coefficient (Wildman–Crippen LogP) is 2.76. The van der Waals surface area contributed by atoms with Crippen molar-refractivity contribution in [2.24, 2.45) is 7.05 Å². The Morgan fingerprint density at radius 2 is 2.19 bits per heavy atom. The Balaban J connectivity index is 1.87. The van der Waals surface area contributed by atoms with Crippen LogP contribution in [0.15, 0.2) is 35.2 Å². The van der Waals surface area contributed by atoms with E-state index in [1.165, 1.54) is 16.2 Å². The van der Waals surface area contributed by atoms with Crippen LogP contribution in [0.3, 0.4) is 0 Å². The highest BCUT2D eigenvalue weighted by atomic mass is 32.2. The molecule has 21 heavy (non-hydrogen) atoms. The van der Waals surface area contributed by atoms with Crippen molar-refractivity contribution in [2.75, 3.05) is 20.3 Å². The number of aryl methyl sites for hydroxylation is 2. The number of nitrogens with one attached hydrogen (secondary N) is 1. The Labute approximate surface area is 130 Å². The number of ether oxygens (including phenoxy) is 1. The fourth-order valence-electron chi connectivity index (χ4n) is 2.11. The number of nitrogens with zero attached hydrogens (tertiary/aromatic N) is 2. The maximum atomic E-state index is 5.03. The van der Waals surface area contributed by atoms with Crippen molar-refractivity contribution in [3.8, 4) is 0 Å². The van der Waals surface area contributed by atoms with E-state index in [-0.39, 0.29) is 0 Å². The monoisotopic (exact) mass is 305 g/mol. The Kier molecular flexibility index (Phi) is 6.29. The minimum atomic E-state index is 0.744. The van der Waals surface area contributed by atoms with Crippen LogP contribution in [-0.4, -0.2) is 30.0 Å². The molecule has 1 N–H and O–H groups in total. The zero-order valence-electron chi connectivity index (χ0n) is 12.9. The highest BCUT2D eigenvalue weighted by Crippen LogP contribution is 2.23. The minimum absolute atomic E-state index is 0.744. The summed E-state index contributed by atoms with van der Waals surface area (Å²) >= 11 is 1.85. The molecule has 1 aromatic heterocycles. The molecule has 2 rings (SSSR count). The summed E-state index contributed by atoms with van der Waals surface area (Å²) in [5.74, 6) is 0.942. The smallest absolute Gasteiger partial charge is 0.0596 e. The summed E-state index contributed by atoms with van der Waals surface area (Å²) in [6.45, 7) is 4.53. The van der Waals surface area contributed by atoms with E-state index < -0.39 is 0 Å². The first-order valence-electron chi connectivity index (χ1n) is 7.10. The molecular weight excluding hydrogens is 282 g/mol. The van der Waals surface area contributed by atoms with Crippen molar-refractivity contribution < 1.29 is 4.74 Å². The number of methoxy groups -OCH3 is 1. The molecule has 0 atom stereocenters. The number of aromatic nitrogens is 2. The van der Waals surface area contributed by atoms with Crippen LogP contribution in [0.5, 0.6) is 0 Å². The summed E-state index contributed by atoms with van der Waals surface area (Å²) in [6, 6.07) is 10.8. The van der Waals surface area contributed by atoms with Gasteiger partial charge in [0.25, 0.3) is 0 Å². The molecule has 0 aliphatic heterocycles. The third-order valence-electron chi connectivity index (χ3n) is 3.20. The molecule has 1 aromatic carbocycles. The zero-order valence-corrected chi connectivity index (χ0v) is 13.7. The summed E-state index contributed by atoms with van der Waals surface area (Å²) in [6.07, 6.45) is 0. The molecule has 0 aliphatic rings. The number of hydrogen-bond donors (Lipinski definition) is 1. The van der Waals surface area contributed by atoms with E-state index in [4.69, 9.17) is 4.74 Å². The van der Waals surface area contributed by atoms with Crippen molar-refractivity contribution in [3.05, 3.63) is 47.3 Å². The lowest BCUT2D eigenvalue weighted by atomic mass is 10.2. The molecule has 5 heteroatoms. The van der Waals surface area contributed by atoms with Crippen molar-refractivity contribution in [1.82, 2.24) is 15.1 Å². The van der Waals surface area contributed by atoms with Gasteiger partial charge in [0.05, 0.1) is 12.3 Å². The zero-order chi connectivity index (χ0) is 15.1. The normalized spacial score (nSPS) is 11.0. The van der Waals surface area contributed by atoms with Crippen molar-refractivity contribution in [3.63, 3.8) is 0 Å². The highest BCUT2D eigenvalue weighted by molar-refractivity contribution is 7.98. The Morgan fingerprint density at radius 1 is 1.33 bits per heavy atom. The van der Waals surface area contributed by atoms with Crippen LogP contribution < -0.4 is 5.32 Å². The van der Waals surface area contributed by atoms with Crippen LogP contribution in [0.25, 0.3) is 0 Å². The molecule has 0 radical (unpaired) electrons. The van der Waals surface area contributed by atoms with Gasteiger partial charge in [0.1, 0.15) is 0 Å². The SMILES string of the molecule is COCCNCc1cccc(SCc2cc(C)nn2C)c1. The number of rotatable bonds is 8. The number of hydrogen-bond acceptors (Lipinski definition) is 4. The second kappa shape index (κ2) is 8.22. The van der Waals surface area contributed by atoms with Crippen LogP contribution in [-0.2, 0) is 24.1 Å².